The van der Waals surface area contributed by atoms with Crippen LogP contribution in [0.4, 0.5) is 0 Å². The highest BCUT2D eigenvalue weighted by atomic mass is 32.1. The third-order valence-corrected chi connectivity index (χ3v) is 4.99. The first-order valence-electron chi connectivity index (χ1n) is 7.55. The van der Waals surface area contributed by atoms with Gasteiger partial charge in [-0.25, -0.2) is 9.97 Å². The lowest BCUT2D eigenvalue weighted by molar-refractivity contribution is 0.556. The molecule has 0 aliphatic heterocycles. The Balaban J connectivity index is 1.93. The van der Waals surface area contributed by atoms with Crippen LogP contribution in [0.1, 0.15) is 54.0 Å². The molecule has 0 saturated carbocycles. The molecule has 108 valence electrons. The molecule has 5 heteroatoms. The minimum absolute atomic E-state index is 0.185. The first-order valence-corrected chi connectivity index (χ1v) is 8.37. The van der Waals surface area contributed by atoms with Gasteiger partial charge in [-0.3, -0.25) is 0 Å². The van der Waals surface area contributed by atoms with Gasteiger partial charge in [0.15, 0.2) is 0 Å². The van der Waals surface area contributed by atoms with Crippen LogP contribution in [-0.2, 0) is 19.4 Å². The van der Waals surface area contributed by atoms with E-state index in [0.29, 0.717) is 0 Å². The summed E-state index contributed by atoms with van der Waals surface area (Å²) in [5.41, 5.74) is 2.57. The van der Waals surface area contributed by atoms with E-state index < -0.39 is 0 Å². The Kier molecular flexibility index (Phi) is 4.17. The molecule has 0 aromatic carbocycles. The molecule has 2 heterocycles. The van der Waals surface area contributed by atoms with Gasteiger partial charge in [-0.05, 0) is 32.2 Å². The van der Waals surface area contributed by atoms with E-state index >= 15 is 0 Å². The van der Waals surface area contributed by atoms with Crippen LogP contribution in [0.25, 0.3) is 0 Å². The molecule has 1 unspecified atom stereocenters. The summed E-state index contributed by atoms with van der Waals surface area (Å²) in [7, 11) is 0. The standard InChI is InChI=1S/C15H22N4S/c1-3-8-19-10-16-9-12(19)14(17-4-2)15-18-11-6-5-7-13(11)20-15/h9-10,14,17H,3-8H2,1-2H3. The second-order valence-corrected chi connectivity index (χ2v) is 6.39. The van der Waals surface area contributed by atoms with E-state index in [9.17, 15) is 0 Å². The fourth-order valence-electron chi connectivity index (χ4n) is 2.86. The van der Waals surface area contributed by atoms with E-state index in [1.807, 2.05) is 23.9 Å². The molecule has 0 radical (unpaired) electrons. The molecule has 0 spiro atoms. The van der Waals surface area contributed by atoms with Crippen molar-refractivity contribution in [1.82, 2.24) is 19.9 Å². The fourth-order valence-corrected chi connectivity index (χ4v) is 4.10. The number of fused-ring (bicyclic) bond motifs is 1. The minimum Gasteiger partial charge on any atom is -0.333 e. The van der Waals surface area contributed by atoms with E-state index in [0.717, 1.165) is 25.9 Å². The molecule has 0 saturated heterocycles. The van der Waals surface area contributed by atoms with Crippen LogP contribution in [0.2, 0.25) is 0 Å². The van der Waals surface area contributed by atoms with Crippen LogP contribution in [0.15, 0.2) is 12.5 Å². The zero-order chi connectivity index (χ0) is 13.9. The molecule has 0 amide bonds. The van der Waals surface area contributed by atoms with Gasteiger partial charge in [0.25, 0.3) is 0 Å². The van der Waals surface area contributed by atoms with Crippen molar-refractivity contribution >= 4 is 11.3 Å². The van der Waals surface area contributed by atoms with Gasteiger partial charge in [0, 0.05) is 11.4 Å². The van der Waals surface area contributed by atoms with E-state index in [2.05, 4.69) is 28.7 Å². The molecule has 20 heavy (non-hydrogen) atoms. The van der Waals surface area contributed by atoms with Crippen molar-refractivity contribution in [3.63, 3.8) is 0 Å². The molecular weight excluding hydrogens is 268 g/mol. The second-order valence-electron chi connectivity index (χ2n) is 5.28. The average molecular weight is 290 g/mol. The summed E-state index contributed by atoms with van der Waals surface area (Å²) >= 11 is 1.88. The highest BCUT2D eigenvalue weighted by molar-refractivity contribution is 7.11. The molecule has 1 aliphatic carbocycles. The average Bonchev–Trinajstić information content (AvgIpc) is 3.11. The summed E-state index contributed by atoms with van der Waals surface area (Å²) in [5.74, 6) is 0. The summed E-state index contributed by atoms with van der Waals surface area (Å²) < 4.78 is 2.25. The maximum atomic E-state index is 4.88. The molecule has 2 aromatic heterocycles. The third-order valence-electron chi connectivity index (χ3n) is 3.77. The highest BCUT2D eigenvalue weighted by Crippen LogP contribution is 2.33. The van der Waals surface area contributed by atoms with E-state index in [-0.39, 0.29) is 6.04 Å². The number of hydrogen-bond donors (Lipinski definition) is 1. The molecule has 3 rings (SSSR count). The first kappa shape index (κ1) is 13.8. The van der Waals surface area contributed by atoms with Crippen LogP contribution in [-0.4, -0.2) is 21.1 Å². The number of imidazole rings is 1. The number of nitrogens with one attached hydrogen (secondary N) is 1. The number of aromatic nitrogens is 3. The van der Waals surface area contributed by atoms with Crippen molar-refractivity contribution in [1.29, 1.82) is 0 Å². The maximum Gasteiger partial charge on any atom is 0.116 e. The fraction of sp³-hybridized carbons (Fsp3) is 0.600. The Labute approximate surface area is 124 Å². The number of thiazole rings is 1. The largest absolute Gasteiger partial charge is 0.333 e. The first-order chi connectivity index (χ1) is 9.83. The molecular formula is C15H22N4S. The van der Waals surface area contributed by atoms with E-state index in [1.54, 1.807) is 0 Å². The quantitative estimate of drug-likeness (QED) is 0.889. The monoisotopic (exact) mass is 290 g/mol. The Bertz CT molecular complexity index is 551. The van der Waals surface area contributed by atoms with Crippen molar-refractivity contribution in [2.45, 2.75) is 52.1 Å². The molecule has 0 bridgehead atoms. The van der Waals surface area contributed by atoms with Gasteiger partial charge in [-0.15, -0.1) is 11.3 Å². The summed E-state index contributed by atoms with van der Waals surface area (Å²) in [4.78, 5) is 10.7. The van der Waals surface area contributed by atoms with Gasteiger partial charge in [0.2, 0.25) is 0 Å². The third kappa shape index (κ3) is 2.52. The van der Waals surface area contributed by atoms with E-state index in [1.165, 1.54) is 34.1 Å². The maximum absolute atomic E-state index is 4.88. The van der Waals surface area contributed by atoms with Gasteiger partial charge < -0.3 is 9.88 Å². The van der Waals surface area contributed by atoms with Gasteiger partial charge in [0.1, 0.15) is 11.0 Å². The lowest BCUT2D eigenvalue weighted by Crippen LogP contribution is -2.24. The molecule has 1 atom stereocenters. The van der Waals surface area contributed by atoms with Crippen molar-refractivity contribution in [2.75, 3.05) is 6.54 Å². The molecule has 1 aliphatic rings. The smallest absolute Gasteiger partial charge is 0.116 e. The predicted molar refractivity (Wildman–Crippen MR) is 82.2 cm³/mol. The zero-order valence-corrected chi connectivity index (χ0v) is 13.0. The van der Waals surface area contributed by atoms with Crippen LogP contribution >= 0.6 is 11.3 Å². The summed E-state index contributed by atoms with van der Waals surface area (Å²) in [6, 6.07) is 0.185. The van der Waals surface area contributed by atoms with Gasteiger partial charge in [-0.2, -0.15) is 0 Å². The topological polar surface area (TPSA) is 42.7 Å². The van der Waals surface area contributed by atoms with Crippen LogP contribution in [0.3, 0.4) is 0 Å². The zero-order valence-electron chi connectivity index (χ0n) is 12.2. The summed E-state index contributed by atoms with van der Waals surface area (Å²) in [5, 5.41) is 4.78. The molecule has 1 N–H and O–H groups in total. The Morgan fingerprint density at radius 2 is 2.30 bits per heavy atom. The number of hydrogen-bond acceptors (Lipinski definition) is 4. The summed E-state index contributed by atoms with van der Waals surface area (Å²) in [6.07, 6.45) is 8.67. The normalized spacial score (nSPS) is 15.5. The number of rotatable bonds is 6. The predicted octanol–water partition coefficient (Wildman–Crippen LogP) is 2.94. The SMILES string of the molecule is CCCn1cncc1C(NCC)c1nc2c(s1)CCC2. The summed E-state index contributed by atoms with van der Waals surface area (Å²) in [6.45, 7) is 6.30. The molecule has 2 aromatic rings. The Hall–Kier alpha value is -1.20. The van der Waals surface area contributed by atoms with Gasteiger partial charge >= 0.3 is 0 Å². The second kappa shape index (κ2) is 6.06. The van der Waals surface area contributed by atoms with Crippen molar-refractivity contribution in [2.24, 2.45) is 0 Å². The van der Waals surface area contributed by atoms with Crippen molar-refractivity contribution in [3.8, 4) is 0 Å². The van der Waals surface area contributed by atoms with Gasteiger partial charge in [0.05, 0.1) is 23.9 Å². The Morgan fingerprint density at radius 1 is 1.40 bits per heavy atom. The number of aryl methyl sites for hydroxylation is 3. The molecule has 4 nitrogen and oxygen atoms in total. The molecule has 0 fully saturated rings. The lowest BCUT2D eigenvalue weighted by atomic mass is 10.2. The number of nitrogens with zero attached hydrogens (tertiary/aromatic N) is 3. The van der Waals surface area contributed by atoms with Crippen LogP contribution < -0.4 is 5.32 Å². The van der Waals surface area contributed by atoms with Crippen LogP contribution in [0, 0.1) is 0 Å². The van der Waals surface area contributed by atoms with Crippen LogP contribution in [0.5, 0.6) is 0 Å². The minimum atomic E-state index is 0.185. The lowest BCUT2D eigenvalue weighted by Gasteiger charge is -2.17. The van der Waals surface area contributed by atoms with Gasteiger partial charge in [-0.1, -0.05) is 13.8 Å². The van der Waals surface area contributed by atoms with E-state index in [4.69, 9.17) is 4.98 Å². The highest BCUT2D eigenvalue weighted by Gasteiger charge is 2.24. The Morgan fingerprint density at radius 3 is 3.05 bits per heavy atom. The van der Waals surface area contributed by atoms with Crippen molar-refractivity contribution in [3.05, 3.63) is 33.8 Å². The van der Waals surface area contributed by atoms with Crippen molar-refractivity contribution < 1.29 is 0 Å².